The van der Waals surface area contributed by atoms with Crippen LogP contribution in [0.15, 0.2) is 12.3 Å². The van der Waals surface area contributed by atoms with Gasteiger partial charge < -0.3 is 5.32 Å². The molecule has 102 valence electrons. The molecule has 7 heteroatoms. The molecule has 0 bridgehead atoms. The van der Waals surface area contributed by atoms with Gasteiger partial charge in [0.05, 0.1) is 11.9 Å². The highest BCUT2D eigenvalue weighted by Crippen LogP contribution is 2.21. The number of hydrogen-bond acceptors (Lipinski definition) is 5. The minimum atomic E-state index is -0.208. The highest BCUT2D eigenvalue weighted by molar-refractivity contribution is 7.07. The van der Waals surface area contributed by atoms with Crippen LogP contribution < -0.4 is 5.32 Å². The number of nitrogens with one attached hydrogen (secondary N) is 1. The Kier molecular flexibility index (Phi) is 3.66. The predicted molar refractivity (Wildman–Crippen MR) is 74.2 cm³/mol. The number of amides is 1. The zero-order chi connectivity index (χ0) is 14.0. The molecule has 0 unspecified atom stereocenters. The summed E-state index contributed by atoms with van der Waals surface area (Å²) in [5.74, 6) is 0.470. The molecular formula is C12H17N5OS. The van der Waals surface area contributed by atoms with Crippen molar-refractivity contribution in [1.82, 2.24) is 19.4 Å². The molecule has 1 N–H and O–H groups in total. The van der Waals surface area contributed by atoms with Crippen LogP contribution in [0.2, 0.25) is 0 Å². The second-order valence-corrected chi connectivity index (χ2v) is 6.40. The molecule has 6 nitrogen and oxygen atoms in total. The summed E-state index contributed by atoms with van der Waals surface area (Å²) in [6.45, 7) is 6.47. The number of hydrogen-bond donors (Lipinski definition) is 1. The fraction of sp³-hybridized carbons (Fsp3) is 0.500. The van der Waals surface area contributed by atoms with Gasteiger partial charge in [-0.3, -0.25) is 9.48 Å². The fourth-order valence-electron chi connectivity index (χ4n) is 1.72. The minimum Gasteiger partial charge on any atom is -0.306 e. The quantitative estimate of drug-likeness (QED) is 0.934. The van der Waals surface area contributed by atoms with Crippen molar-refractivity contribution in [1.29, 1.82) is 0 Å². The van der Waals surface area contributed by atoms with Crippen molar-refractivity contribution in [3.8, 4) is 0 Å². The number of carbonyl (C=O) groups excluding carboxylic acids is 1. The monoisotopic (exact) mass is 279 g/mol. The maximum Gasteiger partial charge on any atom is 0.270 e. The van der Waals surface area contributed by atoms with Crippen molar-refractivity contribution < 1.29 is 4.79 Å². The summed E-state index contributed by atoms with van der Waals surface area (Å²) in [5.41, 5.74) is 1.13. The Labute approximate surface area is 116 Å². The molecule has 0 fully saturated rings. The number of aryl methyl sites for hydroxylation is 1. The highest BCUT2D eigenvalue weighted by Gasteiger charge is 2.16. The molecule has 0 aliphatic carbocycles. The number of rotatable bonds is 3. The first-order valence-electron chi connectivity index (χ1n) is 5.97. The van der Waals surface area contributed by atoms with Crippen molar-refractivity contribution >= 4 is 23.3 Å². The average molecular weight is 279 g/mol. The van der Waals surface area contributed by atoms with E-state index in [1.54, 1.807) is 4.68 Å². The Morgan fingerprint density at radius 2 is 2.21 bits per heavy atom. The van der Waals surface area contributed by atoms with Crippen LogP contribution in [0.25, 0.3) is 0 Å². The lowest BCUT2D eigenvalue weighted by molar-refractivity contribution is 0.102. The van der Waals surface area contributed by atoms with Crippen molar-refractivity contribution in [3.63, 3.8) is 0 Å². The van der Waals surface area contributed by atoms with Crippen LogP contribution >= 0.6 is 11.5 Å². The molecule has 0 saturated heterocycles. The molecule has 1 amide bonds. The Bertz CT molecular complexity index is 567. The molecule has 0 aliphatic rings. The van der Waals surface area contributed by atoms with Gasteiger partial charge in [0.1, 0.15) is 10.7 Å². The summed E-state index contributed by atoms with van der Waals surface area (Å²) in [4.78, 5) is 12.4. The topological polar surface area (TPSA) is 72.7 Å². The summed E-state index contributed by atoms with van der Waals surface area (Å²) in [5, 5.41) is 10.9. The smallest absolute Gasteiger partial charge is 0.270 e. The van der Waals surface area contributed by atoms with Gasteiger partial charge in [-0.1, -0.05) is 25.3 Å². The molecular weight excluding hydrogens is 262 g/mol. The maximum absolute atomic E-state index is 11.9. The van der Waals surface area contributed by atoms with E-state index in [1.807, 2.05) is 13.1 Å². The summed E-state index contributed by atoms with van der Waals surface area (Å²) in [7, 11) is 1.81. The minimum absolute atomic E-state index is 0.164. The van der Waals surface area contributed by atoms with Crippen LogP contribution in [-0.4, -0.2) is 25.3 Å². The van der Waals surface area contributed by atoms with Crippen molar-refractivity contribution in [2.45, 2.75) is 27.2 Å². The molecule has 0 saturated carbocycles. The molecule has 0 aliphatic heterocycles. The third kappa shape index (κ3) is 3.60. The molecule has 2 heterocycles. The van der Waals surface area contributed by atoms with Crippen LogP contribution in [0.1, 0.15) is 36.1 Å². The number of aromatic nitrogens is 4. The predicted octanol–water partition coefficient (Wildman–Crippen LogP) is 2.11. The first-order valence-corrected chi connectivity index (χ1v) is 6.74. The molecule has 0 aromatic carbocycles. The molecule has 2 rings (SSSR count). The Morgan fingerprint density at radius 1 is 1.47 bits per heavy atom. The standard InChI is InChI=1S/C12H17N5OS/c1-12(2,3)6-8-5-10(17(4)15-8)14-11(18)9-7-13-16-19-9/h5,7H,6H2,1-4H3,(H,14,18). The third-order valence-electron chi connectivity index (χ3n) is 2.47. The van der Waals surface area contributed by atoms with Crippen molar-refractivity contribution in [2.24, 2.45) is 12.5 Å². The maximum atomic E-state index is 11.9. The molecule has 19 heavy (non-hydrogen) atoms. The van der Waals surface area contributed by atoms with Gasteiger partial charge in [0.25, 0.3) is 5.91 Å². The lowest BCUT2D eigenvalue weighted by Gasteiger charge is -2.15. The first-order chi connectivity index (χ1) is 8.85. The van der Waals surface area contributed by atoms with Gasteiger partial charge in [-0.05, 0) is 23.4 Å². The van der Waals surface area contributed by atoms with E-state index >= 15 is 0 Å². The summed E-state index contributed by atoms with van der Waals surface area (Å²) >= 11 is 1.07. The van der Waals surface area contributed by atoms with E-state index in [1.165, 1.54) is 6.20 Å². The van der Waals surface area contributed by atoms with Crippen LogP contribution in [0.5, 0.6) is 0 Å². The summed E-state index contributed by atoms with van der Waals surface area (Å²) < 4.78 is 5.34. The molecule has 2 aromatic rings. The van der Waals surface area contributed by atoms with E-state index in [-0.39, 0.29) is 11.3 Å². The van der Waals surface area contributed by atoms with Crippen molar-refractivity contribution in [3.05, 3.63) is 22.8 Å². The van der Waals surface area contributed by atoms with E-state index in [9.17, 15) is 4.79 Å². The molecule has 0 spiro atoms. The van der Waals surface area contributed by atoms with Crippen LogP contribution in [0, 0.1) is 5.41 Å². The highest BCUT2D eigenvalue weighted by atomic mass is 32.1. The van der Waals surface area contributed by atoms with Crippen LogP contribution in [0.3, 0.4) is 0 Å². The van der Waals surface area contributed by atoms with Gasteiger partial charge in [0.2, 0.25) is 0 Å². The second-order valence-electron chi connectivity index (χ2n) is 5.62. The largest absolute Gasteiger partial charge is 0.306 e. The van der Waals surface area contributed by atoms with E-state index in [4.69, 9.17) is 0 Å². The van der Waals surface area contributed by atoms with Crippen LogP contribution in [0.4, 0.5) is 5.82 Å². The first kappa shape index (κ1) is 13.7. The lowest BCUT2D eigenvalue weighted by Crippen LogP contribution is -2.13. The van der Waals surface area contributed by atoms with Gasteiger partial charge in [0, 0.05) is 13.1 Å². The fourth-order valence-corrected chi connectivity index (χ4v) is 2.13. The van der Waals surface area contributed by atoms with E-state index < -0.39 is 0 Å². The Morgan fingerprint density at radius 3 is 2.79 bits per heavy atom. The normalized spacial score (nSPS) is 11.6. The molecule has 0 radical (unpaired) electrons. The summed E-state index contributed by atoms with van der Waals surface area (Å²) in [6, 6.07) is 1.90. The number of anilines is 1. The zero-order valence-corrected chi connectivity index (χ0v) is 12.3. The average Bonchev–Trinajstić information content (AvgIpc) is 2.87. The Balaban J connectivity index is 2.11. The number of carbonyl (C=O) groups is 1. The van der Waals surface area contributed by atoms with E-state index in [2.05, 4.69) is 40.8 Å². The second kappa shape index (κ2) is 5.08. The third-order valence-corrected chi connectivity index (χ3v) is 3.13. The van der Waals surface area contributed by atoms with Gasteiger partial charge >= 0.3 is 0 Å². The molecule has 0 atom stereocenters. The van der Waals surface area contributed by atoms with E-state index in [0.717, 1.165) is 23.6 Å². The van der Waals surface area contributed by atoms with Gasteiger partial charge in [0.15, 0.2) is 0 Å². The lowest BCUT2D eigenvalue weighted by atomic mass is 9.91. The van der Waals surface area contributed by atoms with Crippen molar-refractivity contribution in [2.75, 3.05) is 5.32 Å². The van der Waals surface area contributed by atoms with Gasteiger partial charge in [-0.25, -0.2) is 0 Å². The number of nitrogens with zero attached hydrogens (tertiary/aromatic N) is 4. The van der Waals surface area contributed by atoms with Gasteiger partial charge in [-0.2, -0.15) is 5.10 Å². The van der Waals surface area contributed by atoms with Crippen LogP contribution in [-0.2, 0) is 13.5 Å². The summed E-state index contributed by atoms with van der Waals surface area (Å²) in [6.07, 6.45) is 2.31. The van der Waals surface area contributed by atoms with E-state index in [0.29, 0.717) is 10.7 Å². The Hall–Kier alpha value is -1.76. The SMILES string of the molecule is Cn1nc(CC(C)(C)C)cc1NC(=O)c1cnns1. The van der Waals surface area contributed by atoms with Gasteiger partial charge in [-0.15, -0.1) is 5.10 Å². The zero-order valence-electron chi connectivity index (χ0n) is 11.5. The molecule has 2 aromatic heterocycles.